The third-order valence-electron chi connectivity index (χ3n) is 4.18. The number of aliphatic carboxylic acids is 1. The summed E-state index contributed by atoms with van der Waals surface area (Å²) in [5, 5.41) is 9.29. The second-order valence-electron chi connectivity index (χ2n) is 5.59. The predicted octanol–water partition coefficient (Wildman–Crippen LogP) is 1.70. The van der Waals surface area contributed by atoms with Crippen LogP contribution in [0.1, 0.15) is 13.3 Å². The summed E-state index contributed by atoms with van der Waals surface area (Å²) >= 11 is 0. The Morgan fingerprint density at radius 1 is 1.22 bits per heavy atom. The average Bonchev–Trinajstić information content (AvgIpc) is 2.57. The van der Waals surface area contributed by atoms with Gasteiger partial charge in [0.2, 0.25) is 0 Å². The number of ether oxygens (including phenoxy) is 2. The molecule has 1 aromatic rings. The smallest absolute Gasteiger partial charge is 0.320 e. The van der Waals surface area contributed by atoms with Crippen LogP contribution in [-0.2, 0) is 9.53 Å². The number of para-hydroxylation sites is 2. The molecule has 0 bridgehead atoms. The fourth-order valence-electron chi connectivity index (χ4n) is 2.94. The monoisotopic (exact) mass is 322 g/mol. The van der Waals surface area contributed by atoms with Crippen molar-refractivity contribution in [1.29, 1.82) is 0 Å². The molecule has 1 aliphatic heterocycles. The Morgan fingerprint density at radius 2 is 1.91 bits per heavy atom. The van der Waals surface area contributed by atoms with E-state index in [0.29, 0.717) is 19.6 Å². The van der Waals surface area contributed by atoms with Crippen LogP contribution in [0, 0.1) is 0 Å². The van der Waals surface area contributed by atoms with E-state index in [2.05, 4.69) is 4.90 Å². The van der Waals surface area contributed by atoms with Crippen molar-refractivity contribution in [2.75, 3.05) is 51.4 Å². The van der Waals surface area contributed by atoms with Crippen LogP contribution < -0.4 is 9.64 Å². The third kappa shape index (κ3) is 4.59. The van der Waals surface area contributed by atoms with Gasteiger partial charge in [-0.15, -0.1) is 0 Å². The van der Waals surface area contributed by atoms with E-state index in [0.717, 1.165) is 37.6 Å². The lowest BCUT2D eigenvalue weighted by Gasteiger charge is -2.39. The zero-order valence-corrected chi connectivity index (χ0v) is 13.9. The summed E-state index contributed by atoms with van der Waals surface area (Å²) in [7, 11) is 1.65. The molecule has 23 heavy (non-hydrogen) atoms. The summed E-state index contributed by atoms with van der Waals surface area (Å²) in [4.78, 5) is 15.6. The number of carboxylic acids is 1. The van der Waals surface area contributed by atoms with Gasteiger partial charge >= 0.3 is 5.97 Å². The van der Waals surface area contributed by atoms with E-state index in [9.17, 15) is 9.90 Å². The first-order chi connectivity index (χ1) is 11.2. The molecule has 0 aromatic heterocycles. The normalized spacial score (nSPS) is 17.0. The van der Waals surface area contributed by atoms with Crippen molar-refractivity contribution >= 4 is 11.7 Å². The van der Waals surface area contributed by atoms with E-state index in [1.165, 1.54) is 0 Å². The van der Waals surface area contributed by atoms with Gasteiger partial charge in [-0.05, 0) is 18.6 Å². The molecule has 2 rings (SSSR count). The number of hydrogen-bond donors (Lipinski definition) is 1. The second kappa shape index (κ2) is 8.74. The number of hydrogen-bond acceptors (Lipinski definition) is 5. The van der Waals surface area contributed by atoms with Gasteiger partial charge in [-0.25, -0.2) is 0 Å². The number of rotatable bonds is 8. The Hall–Kier alpha value is -1.79. The molecule has 1 atom stereocenters. The van der Waals surface area contributed by atoms with Gasteiger partial charge in [0.25, 0.3) is 0 Å². The molecule has 0 aliphatic carbocycles. The first-order valence-electron chi connectivity index (χ1n) is 8.10. The maximum Gasteiger partial charge on any atom is 0.320 e. The minimum Gasteiger partial charge on any atom is -0.489 e. The Bertz CT molecular complexity index is 501. The van der Waals surface area contributed by atoms with Gasteiger partial charge in [0.1, 0.15) is 18.4 Å². The quantitative estimate of drug-likeness (QED) is 0.735. The number of carboxylic acid groups (broad SMARTS) is 1. The molecule has 1 saturated heterocycles. The molecule has 1 fully saturated rings. The van der Waals surface area contributed by atoms with E-state index in [1.54, 1.807) is 7.11 Å². The fraction of sp³-hybridized carbons (Fsp3) is 0.588. The van der Waals surface area contributed by atoms with Crippen LogP contribution in [0.5, 0.6) is 5.75 Å². The Morgan fingerprint density at radius 3 is 2.52 bits per heavy atom. The van der Waals surface area contributed by atoms with E-state index < -0.39 is 5.97 Å². The molecule has 1 unspecified atom stereocenters. The summed E-state index contributed by atoms with van der Waals surface area (Å²) in [6, 6.07) is 7.58. The fourth-order valence-corrected chi connectivity index (χ4v) is 2.94. The Balaban J connectivity index is 1.98. The van der Waals surface area contributed by atoms with Crippen LogP contribution in [0.4, 0.5) is 5.69 Å². The first kappa shape index (κ1) is 17.6. The largest absolute Gasteiger partial charge is 0.489 e. The topological polar surface area (TPSA) is 62.2 Å². The molecular formula is C17H26N2O4. The van der Waals surface area contributed by atoms with Gasteiger partial charge in [0, 0.05) is 33.3 Å². The van der Waals surface area contributed by atoms with Gasteiger partial charge in [-0.3, -0.25) is 9.69 Å². The zero-order chi connectivity index (χ0) is 16.7. The molecule has 1 aromatic carbocycles. The van der Waals surface area contributed by atoms with Crippen molar-refractivity contribution in [2.24, 2.45) is 0 Å². The molecular weight excluding hydrogens is 296 g/mol. The lowest BCUT2D eigenvalue weighted by atomic mass is 10.1. The van der Waals surface area contributed by atoms with Gasteiger partial charge < -0.3 is 19.5 Å². The van der Waals surface area contributed by atoms with Crippen LogP contribution in [0.15, 0.2) is 24.3 Å². The molecule has 1 aliphatic rings. The SMILES string of the molecule is CCC(C(=O)O)N1CCN(c2ccccc2OCCOC)CC1. The molecule has 1 heterocycles. The highest BCUT2D eigenvalue weighted by molar-refractivity contribution is 5.73. The minimum atomic E-state index is -0.732. The molecule has 1 N–H and O–H groups in total. The summed E-state index contributed by atoms with van der Waals surface area (Å²) in [6.45, 7) is 6.09. The lowest BCUT2D eigenvalue weighted by Crippen LogP contribution is -2.52. The van der Waals surface area contributed by atoms with Gasteiger partial charge in [-0.1, -0.05) is 19.1 Å². The predicted molar refractivity (Wildman–Crippen MR) is 89.3 cm³/mol. The van der Waals surface area contributed by atoms with Crippen LogP contribution in [0.3, 0.4) is 0 Å². The van der Waals surface area contributed by atoms with Crippen LogP contribution in [0.2, 0.25) is 0 Å². The molecule has 0 radical (unpaired) electrons. The van der Waals surface area contributed by atoms with Crippen LogP contribution in [-0.4, -0.2) is 68.5 Å². The third-order valence-corrected chi connectivity index (χ3v) is 4.18. The van der Waals surface area contributed by atoms with Gasteiger partial charge in [0.15, 0.2) is 0 Å². The minimum absolute atomic E-state index is 0.384. The summed E-state index contributed by atoms with van der Waals surface area (Å²) < 4.78 is 10.8. The molecule has 6 heteroatoms. The van der Waals surface area contributed by atoms with Gasteiger partial charge in [0.05, 0.1) is 12.3 Å². The molecule has 0 amide bonds. The number of benzene rings is 1. The van der Waals surface area contributed by atoms with E-state index in [4.69, 9.17) is 9.47 Å². The lowest BCUT2D eigenvalue weighted by molar-refractivity contribution is -0.143. The first-order valence-corrected chi connectivity index (χ1v) is 8.10. The highest BCUT2D eigenvalue weighted by atomic mass is 16.5. The standard InChI is InChI=1S/C17H26N2O4/c1-3-14(17(20)21)18-8-10-19(11-9-18)15-6-4-5-7-16(15)23-13-12-22-2/h4-7,14H,3,8-13H2,1-2H3,(H,20,21). The van der Waals surface area contributed by atoms with Crippen LogP contribution >= 0.6 is 0 Å². The number of nitrogens with zero attached hydrogens (tertiary/aromatic N) is 2. The molecule has 0 spiro atoms. The van der Waals surface area contributed by atoms with Crippen molar-refractivity contribution in [1.82, 2.24) is 4.90 Å². The Kier molecular flexibility index (Phi) is 6.67. The summed E-state index contributed by atoms with van der Waals surface area (Å²) in [5.74, 6) is 0.118. The summed E-state index contributed by atoms with van der Waals surface area (Å²) in [5.41, 5.74) is 1.06. The van der Waals surface area contributed by atoms with E-state index in [-0.39, 0.29) is 6.04 Å². The average molecular weight is 322 g/mol. The zero-order valence-electron chi connectivity index (χ0n) is 13.9. The molecule has 0 saturated carbocycles. The second-order valence-corrected chi connectivity index (χ2v) is 5.59. The molecule has 6 nitrogen and oxygen atoms in total. The maximum absolute atomic E-state index is 11.3. The van der Waals surface area contributed by atoms with Crippen LogP contribution in [0.25, 0.3) is 0 Å². The number of carbonyl (C=O) groups is 1. The highest BCUT2D eigenvalue weighted by Gasteiger charge is 2.28. The highest BCUT2D eigenvalue weighted by Crippen LogP contribution is 2.29. The number of anilines is 1. The Labute approximate surface area is 137 Å². The van der Waals surface area contributed by atoms with Crippen molar-refractivity contribution in [3.8, 4) is 5.75 Å². The molecule has 128 valence electrons. The van der Waals surface area contributed by atoms with Gasteiger partial charge in [-0.2, -0.15) is 0 Å². The van der Waals surface area contributed by atoms with Crippen molar-refractivity contribution in [3.05, 3.63) is 24.3 Å². The van der Waals surface area contributed by atoms with Crippen molar-refractivity contribution in [3.63, 3.8) is 0 Å². The van der Waals surface area contributed by atoms with Crippen molar-refractivity contribution < 1.29 is 19.4 Å². The number of methoxy groups -OCH3 is 1. The van der Waals surface area contributed by atoms with E-state index in [1.807, 2.05) is 36.1 Å². The van der Waals surface area contributed by atoms with Crippen molar-refractivity contribution in [2.45, 2.75) is 19.4 Å². The van der Waals surface area contributed by atoms with E-state index >= 15 is 0 Å². The summed E-state index contributed by atoms with van der Waals surface area (Å²) in [6.07, 6.45) is 0.631. The maximum atomic E-state index is 11.3. The number of piperazine rings is 1.